The molecule has 0 spiro atoms. The molecule has 1 atom stereocenters. The third-order valence-corrected chi connectivity index (χ3v) is 3.93. The van der Waals surface area contributed by atoms with Gasteiger partial charge in [0.1, 0.15) is 5.82 Å². The molecule has 2 nitrogen and oxygen atoms in total. The number of nitrogens with two attached hydrogens (primary N) is 1. The van der Waals surface area contributed by atoms with Crippen molar-refractivity contribution in [2.75, 3.05) is 0 Å². The minimum absolute atomic E-state index is 0.101. The Hall–Kier alpha value is -0.940. The van der Waals surface area contributed by atoms with Gasteiger partial charge in [-0.2, -0.15) is 0 Å². The van der Waals surface area contributed by atoms with Crippen molar-refractivity contribution in [3.05, 3.63) is 68.9 Å². The van der Waals surface area contributed by atoms with Crippen LogP contribution in [0.25, 0.3) is 0 Å². The van der Waals surface area contributed by atoms with E-state index in [1.54, 1.807) is 12.1 Å². The van der Waals surface area contributed by atoms with Crippen LogP contribution in [0.4, 0.5) is 4.39 Å². The predicted octanol–water partition coefficient (Wildman–Crippen LogP) is 3.99. The van der Waals surface area contributed by atoms with Crippen LogP contribution in [-0.2, 0) is 6.42 Å². The van der Waals surface area contributed by atoms with Crippen molar-refractivity contribution >= 4 is 27.5 Å². The Morgan fingerprint density at radius 1 is 1.26 bits per heavy atom. The summed E-state index contributed by atoms with van der Waals surface area (Å²) in [6.07, 6.45) is 0.577. The van der Waals surface area contributed by atoms with Crippen LogP contribution >= 0.6 is 27.5 Å². The van der Waals surface area contributed by atoms with Crippen molar-refractivity contribution in [1.29, 1.82) is 0 Å². The number of hydrazine groups is 1. The average molecular weight is 344 g/mol. The number of hydrogen-bond acceptors (Lipinski definition) is 2. The normalized spacial score (nSPS) is 12.4. The van der Waals surface area contributed by atoms with Crippen molar-refractivity contribution in [2.24, 2.45) is 5.84 Å². The highest BCUT2D eigenvalue weighted by molar-refractivity contribution is 9.10. The van der Waals surface area contributed by atoms with E-state index >= 15 is 0 Å². The van der Waals surface area contributed by atoms with E-state index in [0.29, 0.717) is 6.42 Å². The van der Waals surface area contributed by atoms with Crippen LogP contribution in [0.3, 0.4) is 0 Å². The minimum Gasteiger partial charge on any atom is -0.271 e. The monoisotopic (exact) mass is 342 g/mol. The lowest BCUT2D eigenvalue weighted by molar-refractivity contribution is 0.547. The van der Waals surface area contributed by atoms with E-state index in [2.05, 4.69) is 21.4 Å². The highest BCUT2D eigenvalue weighted by Gasteiger charge is 2.14. The standard InChI is InChI=1S/C14H13BrClFN2/c15-11-4-2-1-3-10(11)14(19-18)8-9-5-6-12(16)13(17)7-9/h1-7,14,19H,8,18H2. The van der Waals surface area contributed by atoms with Crippen LogP contribution in [0.5, 0.6) is 0 Å². The van der Waals surface area contributed by atoms with Gasteiger partial charge in [-0.25, -0.2) is 4.39 Å². The maximum Gasteiger partial charge on any atom is 0.142 e. The van der Waals surface area contributed by atoms with Crippen LogP contribution in [0, 0.1) is 5.82 Å². The highest BCUT2D eigenvalue weighted by Crippen LogP contribution is 2.26. The number of hydrogen-bond donors (Lipinski definition) is 2. The Morgan fingerprint density at radius 3 is 2.63 bits per heavy atom. The molecule has 0 aliphatic rings. The molecule has 1 unspecified atom stereocenters. The average Bonchev–Trinajstić information content (AvgIpc) is 2.41. The Balaban J connectivity index is 2.24. The van der Waals surface area contributed by atoms with E-state index in [1.165, 1.54) is 6.07 Å². The van der Waals surface area contributed by atoms with Crippen LogP contribution in [0.15, 0.2) is 46.9 Å². The Morgan fingerprint density at radius 2 is 2.00 bits per heavy atom. The second kappa shape index (κ2) is 6.48. The fourth-order valence-corrected chi connectivity index (χ4v) is 2.60. The molecule has 100 valence electrons. The van der Waals surface area contributed by atoms with Crippen molar-refractivity contribution < 1.29 is 4.39 Å². The summed E-state index contributed by atoms with van der Waals surface area (Å²) in [6.45, 7) is 0. The Bertz CT molecular complexity index is 577. The molecule has 3 N–H and O–H groups in total. The van der Waals surface area contributed by atoms with Gasteiger partial charge in [0.15, 0.2) is 0 Å². The third-order valence-electron chi connectivity index (χ3n) is 2.91. The van der Waals surface area contributed by atoms with Gasteiger partial charge in [-0.15, -0.1) is 0 Å². The van der Waals surface area contributed by atoms with Crippen molar-refractivity contribution in [2.45, 2.75) is 12.5 Å². The van der Waals surface area contributed by atoms with E-state index in [1.807, 2.05) is 24.3 Å². The number of benzene rings is 2. The first kappa shape index (κ1) is 14.5. The summed E-state index contributed by atoms with van der Waals surface area (Å²) in [6, 6.07) is 12.5. The molecule has 5 heteroatoms. The maximum absolute atomic E-state index is 13.4. The second-order valence-electron chi connectivity index (χ2n) is 4.19. The van der Waals surface area contributed by atoms with Crippen molar-refractivity contribution in [3.63, 3.8) is 0 Å². The van der Waals surface area contributed by atoms with Gasteiger partial charge >= 0.3 is 0 Å². The molecule has 0 bridgehead atoms. The summed E-state index contributed by atoms with van der Waals surface area (Å²) in [4.78, 5) is 0. The van der Waals surface area contributed by atoms with Gasteiger partial charge in [0.05, 0.1) is 11.1 Å². The lowest BCUT2D eigenvalue weighted by atomic mass is 9.99. The van der Waals surface area contributed by atoms with Crippen molar-refractivity contribution in [1.82, 2.24) is 5.43 Å². The fraction of sp³-hybridized carbons (Fsp3) is 0.143. The summed E-state index contributed by atoms with van der Waals surface area (Å²) >= 11 is 9.16. The second-order valence-corrected chi connectivity index (χ2v) is 5.45. The number of rotatable bonds is 4. The first-order valence-corrected chi connectivity index (χ1v) is 6.93. The van der Waals surface area contributed by atoms with Crippen LogP contribution in [-0.4, -0.2) is 0 Å². The fourth-order valence-electron chi connectivity index (χ4n) is 1.92. The van der Waals surface area contributed by atoms with E-state index in [-0.39, 0.29) is 11.1 Å². The van der Waals surface area contributed by atoms with Gasteiger partial charge in [0.25, 0.3) is 0 Å². The summed E-state index contributed by atoms with van der Waals surface area (Å²) in [5, 5.41) is 0.127. The van der Waals surface area contributed by atoms with Crippen LogP contribution in [0.1, 0.15) is 17.2 Å². The lowest BCUT2D eigenvalue weighted by Crippen LogP contribution is -2.29. The molecule has 0 fully saturated rings. The molecule has 0 saturated heterocycles. The molecule has 0 aromatic heterocycles. The van der Waals surface area contributed by atoms with E-state index in [0.717, 1.165) is 15.6 Å². The van der Waals surface area contributed by atoms with Crippen LogP contribution < -0.4 is 11.3 Å². The first-order valence-electron chi connectivity index (χ1n) is 5.76. The molecule has 0 heterocycles. The summed E-state index contributed by atoms with van der Waals surface area (Å²) in [7, 11) is 0. The zero-order chi connectivity index (χ0) is 13.8. The van der Waals surface area contributed by atoms with Gasteiger partial charge in [-0.05, 0) is 35.7 Å². The Kier molecular flexibility index (Phi) is 4.93. The molecule has 2 aromatic rings. The largest absolute Gasteiger partial charge is 0.271 e. The maximum atomic E-state index is 13.4. The van der Waals surface area contributed by atoms with E-state index in [4.69, 9.17) is 17.4 Å². The topological polar surface area (TPSA) is 38.0 Å². The molecular weight excluding hydrogens is 331 g/mol. The van der Waals surface area contributed by atoms with E-state index in [9.17, 15) is 4.39 Å². The molecular formula is C14H13BrClFN2. The molecule has 2 aromatic carbocycles. The number of halogens is 3. The minimum atomic E-state index is -0.415. The third kappa shape index (κ3) is 3.54. The first-order chi connectivity index (χ1) is 9.11. The molecule has 0 amide bonds. The number of nitrogens with one attached hydrogen (secondary N) is 1. The quantitative estimate of drug-likeness (QED) is 0.651. The molecule has 0 aliphatic carbocycles. The molecule has 2 rings (SSSR count). The van der Waals surface area contributed by atoms with E-state index < -0.39 is 5.82 Å². The lowest BCUT2D eigenvalue weighted by Gasteiger charge is -2.18. The van der Waals surface area contributed by atoms with Crippen LogP contribution in [0.2, 0.25) is 5.02 Å². The molecule has 19 heavy (non-hydrogen) atoms. The Labute approximate surface area is 124 Å². The zero-order valence-electron chi connectivity index (χ0n) is 10.0. The molecule has 0 aliphatic heterocycles. The van der Waals surface area contributed by atoms with Gasteiger partial charge in [-0.3, -0.25) is 11.3 Å². The van der Waals surface area contributed by atoms with Gasteiger partial charge in [-0.1, -0.05) is 51.8 Å². The molecule has 0 saturated carbocycles. The zero-order valence-corrected chi connectivity index (χ0v) is 12.4. The van der Waals surface area contributed by atoms with Crippen molar-refractivity contribution in [3.8, 4) is 0 Å². The highest BCUT2D eigenvalue weighted by atomic mass is 79.9. The van der Waals surface area contributed by atoms with Gasteiger partial charge in [0, 0.05) is 4.47 Å². The SMILES string of the molecule is NNC(Cc1ccc(Cl)c(F)c1)c1ccccc1Br. The summed E-state index contributed by atoms with van der Waals surface area (Å²) < 4.78 is 14.4. The smallest absolute Gasteiger partial charge is 0.142 e. The van der Waals surface area contributed by atoms with Gasteiger partial charge < -0.3 is 0 Å². The summed E-state index contributed by atoms with van der Waals surface area (Å²) in [5.41, 5.74) is 4.62. The van der Waals surface area contributed by atoms with Gasteiger partial charge in [0.2, 0.25) is 0 Å². The molecule has 0 radical (unpaired) electrons. The summed E-state index contributed by atoms with van der Waals surface area (Å²) in [5.74, 6) is 5.18. The predicted molar refractivity (Wildman–Crippen MR) is 79.3 cm³/mol.